The maximum absolute atomic E-state index is 13.1. The number of hydrogen-bond acceptors (Lipinski definition) is 6. The fourth-order valence-electron chi connectivity index (χ4n) is 4.46. The Morgan fingerprint density at radius 1 is 1.23 bits per heavy atom. The molecule has 1 atom stereocenters. The number of rotatable bonds is 6. The first-order valence-electron chi connectivity index (χ1n) is 11.4. The monoisotopic (exact) mass is 490 g/mol. The summed E-state index contributed by atoms with van der Waals surface area (Å²) < 4.78 is 5.59. The summed E-state index contributed by atoms with van der Waals surface area (Å²) in [6.07, 6.45) is 4.33. The number of likely N-dealkylation sites (tertiary alicyclic amines) is 1. The highest BCUT2D eigenvalue weighted by atomic mass is 35.5. The van der Waals surface area contributed by atoms with E-state index in [2.05, 4.69) is 27.2 Å². The van der Waals surface area contributed by atoms with Crippen molar-refractivity contribution >= 4 is 39.9 Å². The molecule has 1 aliphatic heterocycles. The van der Waals surface area contributed by atoms with Crippen molar-refractivity contribution in [2.75, 3.05) is 39.6 Å². The fraction of sp³-hybridized carbons (Fsp3) is 0.269. The average Bonchev–Trinajstić information content (AvgIpc) is 3.49. The van der Waals surface area contributed by atoms with Gasteiger partial charge in [0, 0.05) is 41.1 Å². The Balaban J connectivity index is 1.36. The van der Waals surface area contributed by atoms with Gasteiger partial charge in [0.2, 0.25) is 0 Å². The minimum Gasteiger partial charge on any atom is -0.495 e. The van der Waals surface area contributed by atoms with Crippen LogP contribution >= 0.6 is 11.6 Å². The van der Waals surface area contributed by atoms with E-state index < -0.39 is 0 Å². The number of nitrogens with one attached hydrogen (secondary N) is 2. The molecule has 180 valence electrons. The zero-order valence-corrected chi connectivity index (χ0v) is 20.6. The van der Waals surface area contributed by atoms with Crippen LogP contribution in [0.1, 0.15) is 16.8 Å². The number of fused-ring (bicyclic) bond motifs is 1. The number of benzene rings is 2. The zero-order chi connectivity index (χ0) is 24.5. The highest BCUT2D eigenvalue weighted by Crippen LogP contribution is 2.30. The molecule has 0 radical (unpaired) electrons. The van der Waals surface area contributed by atoms with Crippen LogP contribution in [0.3, 0.4) is 0 Å². The van der Waals surface area contributed by atoms with Gasteiger partial charge in [0.1, 0.15) is 17.3 Å². The Kier molecular flexibility index (Phi) is 6.32. The molecule has 1 unspecified atom stereocenters. The van der Waals surface area contributed by atoms with E-state index in [-0.39, 0.29) is 11.9 Å². The van der Waals surface area contributed by atoms with Crippen LogP contribution in [0.25, 0.3) is 22.3 Å². The van der Waals surface area contributed by atoms with Crippen molar-refractivity contribution < 1.29 is 9.53 Å². The van der Waals surface area contributed by atoms with Gasteiger partial charge in [0.25, 0.3) is 5.91 Å². The average molecular weight is 491 g/mol. The number of hydrogen-bond donors (Lipinski definition) is 2. The third-order valence-electron chi connectivity index (χ3n) is 6.44. The largest absolute Gasteiger partial charge is 0.495 e. The standard InChI is InChI=1S/C26H27ClN6O2/c1-32-9-8-19(15-32)33(2)26(34)17-5-7-20(24(11-17)35-3)30-25-14-28-13-23(31-25)22-10-16-4-6-18(27)12-21(16)29-22/h4-7,10-14,19,29H,8-9,15H2,1-3H3,(H,30,31). The molecule has 1 saturated heterocycles. The third kappa shape index (κ3) is 4.80. The van der Waals surface area contributed by atoms with Crippen molar-refractivity contribution in [3.05, 3.63) is 65.4 Å². The van der Waals surface area contributed by atoms with E-state index in [9.17, 15) is 4.79 Å². The summed E-state index contributed by atoms with van der Waals surface area (Å²) in [6.45, 7) is 1.89. The van der Waals surface area contributed by atoms with E-state index in [1.165, 1.54) is 0 Å². The summed E-state index contributed by atoms with van der Waals surface area (Å²) in [5, 5.41) is 4.98. The molecule has 1 aliphatic rings. The van der Waals surface area contributed by atoms with E-state index in [0.29, 0.717) is 33.5 Å². The normalized spacial score (nSPS) is 15.9. The number of anilines is 2. The van der Waals surface area contributed by atoms with Crippen molar-refractivity contribution in [2.24, 2.45) is 0 Å². The van der Waals surface area contributed by atoms with Crippen molar-refractivity contribution in [3.8, 4) is 17.1 Å². The second-order valence-corrected chi connectivity index (χ2v) is 9.30. The van der Waals surface area contributed by atoms with Gasteiger partial charge in [0.05, 0.1) is 30.9 Å². The molecule has 0 saturated carbocycles. The third-order valence-corrected chi connectivity index (χ3v) is 6.68. The number of nitrogens with zero attached hydrogens (tertiary/aromatic N) is 4. The van der Waals surface area contributed by atoms with Crippen LogP contribution in [0.5, 0.6) is 5.75 Å². The van der Waals surface area contributed by atoms with Crippen LogP contribution in [0.4, 0.5) is 11.5 Å². The van der Waals surface area contributed by atoms with Crippen LogP contribution in [0, 0.1) is 0 Å². The predicted octanol–water partition coefficient (Wildman–Crippen LogP) is 4.81. The van der Waals surface area contributed by atoms with Gasteiger partial charge in [-0.2, -0.15) is 0 Å². The van der Waals surface area contributed by atoms with Gasteiger partial charge in [0.15, 0.2) is 0 Å². The molecular weight excluding hydrogens is 464 g/mol. The lowest BCUT2D eigenvalue weighted by Crippen LogP contribution is -2.38. The Labute approximate surface area is 208 Å². The molecule has 2 aromatic carbocycles. The molecule has 0 bridgehead atoms. The smallest absolute Gasteiger partial charge is 0.254 e. The number of likely N-dealkylation sites (N-methyl/N-ethyl adjacent to an activating group) is 2. The molecule has 35 heavy (non-hydrogen) atoms. The second-order valence-electron chi connectivity index (χ2n) is 8.87. The molecular formula is C26H27ClN6O2. The van der Waals surface area contributed by atoms with Gasteiger partial charge in [-0.1, -0.05) is 17.7 Å². The van der Waals surface area contributed by atoms with E-state index in [1.807, 2.05) is 42.3 Å². The summed E-state index contributed by atoms with van der Waals surface area (Å²) in [4.78, 5) is 29.5. The number of ether oxygens (including phenoxy) is 1. The van der Waals surface area contributed by atoms with Crippen molar-refractivity contribution in [1.82, 2.24) is 24.8 Å². The number of H-pyrrole nitrogens is 1. The maximum Gasteiger partial charge on any atom is 0.254 e. The number of aromatic amines is 1. The number of halogens is 1. The SMILES string of the molecule is COc1cc(C(=O)N(C)C2CCN(C)C2)ccc1Nc1cncc(-c2cc3ccc(Cl)cc3[nH]2)n1. The van der Waals surface area contributed by atoms with Crippen LogP contribution in [-0.2, 0) is 0 Å². The van der Waals surface area contributed by atoms with Crippen molar-refractivity contribution in [3.63, 3.8) is 0 Å². The van der Waals surface area contributed by atoms with Crippen LogP contribution in [-0.4, -0.2) is 71.0 Å². The van der Waals surface area contributed by atoms with Gasteiger partial charge in [-0.05, 0) is 56.4 Å². The molecule has 0 aliphatic carbocycles. The molecule has 2 N–H and O–H groups in total. The number of carbonyl (C=O) groups excluding carboxylic acids is 1. The highest BCUT2D eigenvalue weighted by Gasteiger charge is 2.27. The van der Waals surface area contributed by atoms with E-state index in [1.54, 1.807) is 31.6 Å². The summed E-state index contributed by atoms with van der Waals surface area (Å²) >= 11 is 6.11. The first kappa shape index (κ1) is 23.1. The quantitative estimate of drug-likeness (QED) is 0.403. The predicted molar refractivity (Wildman–Crippen MR) is 139 cm³/mol. The topological polar surface area (TPSA) is 86.4 Å². The Morgan fingerprint density at radius 3 is 2.86 bits per heavy atom. The van der Waals surface area contributed by atoms with Gasteiger partial charge in [-0.3, -0.25) is 9.78 Å². The first-order chi connectivity index (χ1) is 16.9. The number of amides is 1. The van der Waals surface area contributed by atoms with E-state index in [0.717, 1.165) is 36.1 Å². The second kappa shape index (κ2) is 9.56. The molecule has 1 amide bonds. The van der Waals surface area contributed by atoms with Gasteiger partial charge < -0.3 is 24.8 Å². The van der Waals surface area contributed by atoms with Crippen LogP contribution < -0.4 is 10.1 Å². The molecule has 2 aromatic heterocycles. The Morgan fingerprint density at radius 2 is 2.09 bits per heavy atom. The summed E-state index contributed by atoms with van der Waals surface area (Å²) in [5.41, 5.74) is 3.75. The van der Waals surface area contributed by atoms with Gasteiger partial charge >= 0.3 is 0 Å². The zero-order valence-electron chi connectivity index (χ0n) is 19.9. The summed E-state index contributed by atoms with van der Waals surface area (Å²) in [7, 11) is 5.53. The molecule has 1 fully saturated rings. The lowest BCUT2D eigenvalue weighted by atomic mass is 10.1. The molecule has 5 rings (SSSR count). The Bertz CT molecular complexity index is 1390. The molecule has 8 nitrogen and oxygen atoms in total. The molecule has 4 aromatic rings. The number of carbonyl (C=O) groups is 1. The van der Waals surface area contributed by atoms with Gasteiger partial charge in [-0.15, -0.1) is 0 Å². The van der Waals surface area contributed by atoms with Gasteiger partial charge in [-0.25, -0.2) is 4.98 Å². The molecule has 9 heteroatoms. The molecule has 0 spiro atoms. The van der Waals surface area contributed by atoms with Crippen LogP contribution in [0.15, 0.2) is 54.9 Å². The van der Waals surface area contributed by atoms with Crippen LogP contribution in [0.2, 0.25) is 5.02 Å². The van der Waals surface area contributed by atoms with Crippen molar-refractivity contribution in [2.45, 2.75) is 12.5 Å². The van der Waals surface area contributed by atoms with E-state index in [4.69, 9.17) is 21.3 Å². The Hall–Kier alpha value is -3.62. The summed E-state index contributed by atoms with van der Waals surface area (Å²) in [5.74, 6) is 1.10. The molecule has 3 heterocycles. The minimum atomic E-state index is -0.0177. The number of methoxy groups -OCH3 is 1. The highest BCUT2D eigenvalue weighted by molar-refractivity contribution is 6.31. The number of aromatic nitrogens is 3. The lowest BCUT2D eigenvalue weighted by Gasteiger charge is -2.25. The maximum atomic E-state index is 13.1. The fourth-order valence-corrected chi connectivity index (χ4v) is 4.63. The minimum absolute atomic E-state index is 0.0177. The summed E-state index contributed by atoms with van der Waals surface area (Å²) in [6, 6.07) is 13.3. The lowest BCUT2D eigenvalue weighted by molar-refractivity contribution is 0.0737. The first-order valence-corrected chi connectivity index (χ1v) is 11.8. The van der Waals surface area contributed by atoms with E-state index >= 15 is 0 Å². The van der Waals surface area contributed by atoms with Crippen molar-refractivity contribution in [1.29, 1.82) is 0 Å².